The van der Waals surface area contributed by atoms with Crippen LogP contribution < -0.4 is 4.90 Å². The highest BCUT2D eigenvalue weighted by Crippen LogP contribution is 2.46. The lowest BCUT2D eigenvalue weighted by Crippen LogP contribution is -2.11. The third kappa shape index (κ3) is 4.44. The molecule has 0 N–H and O–H groups in total. The van der Waals surface area contributed by atoms with Crippen LogP contribution in [0.3, 0.4) is 0 Å². The Balaban J connectivity index is 1.19. The molecule has 230 valence electrons. The molecule has 0 aliphatic heterocycles. The zero-order chi connectivity index (χ0) is 32.3. The molecule has 2 heterocycles. The van der Waals surface area contributed by atoms with Crippen molar-refractivity contribution in [1.29, 1.82) is 0 Å². The second kappa shape index (κ2) is 11.0. The number of hydrogen-bond donors (Lipinski definition) is 0. The third-order valence-electron chi connectivity index (χ3n) is 9.66. The molecule has 0 saturated carbocycles. The molecular weight excluding hydrogens is 599 g/mol. The highest BCUT2D eigenvalue weighted by molar-refractivity contribution is 6.14. The van der Waals surface area contributed by atoms with Crippen LogP contribution in [0.2, 0.25) is 0 Å². The van der Waals surface area contributed by atoms with Gasteiger partial charge in [-0.2, -0.15) is 0 Å². The van der Waals surface area contributed by atoms with Crippen molar-refractivity contribution in [1.82, 2.24) is 0 Å². The summed E-state index contributed by atoms with van der Waals surface area (Å²) in [5, 5.41) is 6.82. The zero-order valence-corrected chi connectivity index (χ0v) is 26.5. The molecule has 0 saturated heterocycles. The molecule has 2 aromatic heterocycles. The molecule has 0 bridgehead atoms. The molecule has 3 heteroatoms. The number of fused-ring (bicyclic) bond motifs is 7. The van der Waals surface area contributed by atoms with E-state index in [2.05, 4.69) is 169 Å². The van der Waals surface area contributed by atoms with Gasteiger partial charge in [0.15, 0.2) is 5.58 Å². The zero-order valence-electron chi connectivity index (χ0n) is 26.5. The maximum Gasteiger partial charge on any atom is 0.159 e. The smallest absolute Gasteiger partial charge is 0.159 e. The summed E-state index contributed by atoms with van der Waals surface area (Å²) in [5.74, 6) is 0. The standard InChI is InChI=1S/C46H29NO2/c1-2-12-30(13-3-1)35-16-6-8-21-41(35)47(42-22-11-20-39-40-28-32-14-4-5-15-33(32)29-44(40)49-46(39)42)34-26-24-31(25-27-34)36-18-10-19-38-37-17-7-9-23-43(37)48-45(36)38/h1-29H. The fourth-order valence-corrected chi connectivity index (χ4v) is 7.35. The molecule has 0 unspecified atom stereocenters. The number of nitrogens with zero attached hydrogens (tertiary/aromatic N) is 1. The van der Waals surface area contributed by atoms with E-state index in [4.69, 9.17) is 8.83 Å². The van der Waals surface area contributed by atoms with Gasteiger partial charge in [0.25, 0.3) is 0 Å². The highest BCUT2D eigenvalue weighted by Gasteiger charge is 2.22. The quantitative estimate of drug-likeness (QED) is 0.190. The van der Waals surface area contributed by atoms with Crippen LogP contribution in [0.15, 0.2) is 185 Å². The molecule has 0 aliphatic carbocycles. The van der Waals surface area contributed by atoms with Crippen molar-refractivity contribution in [2.75, 3.05) is 4.90 Å². The molecule has 3 nitrogen and oxygen atoms in total. The van der Waals surface area contributed by atoms with Crippen LogP contribution in [0.1, 0.15) is 0 Å². The van der Waals surface area contributed by atoms with Gasteiger partial charge in [0.1, 0.15) is 16.7 Å². The maximum atomic E-state index is 6.78. The van der Waals surface area contributed by atoms with Crippen LogP contribution in [0.5, 0.6) is 0 Å². The lowest BCUT2D eigenvalue weighted by molar-refractivity contribution is 0.669. The molecule has 0 amide bonds. The largest absolute Gasteiger partial charge is 0.455 e. The van der Waals surface area contributed by atoms with E-state index in [1.54, 1.807) is 0 Å². The minimum Gasteiger partial charge on any atom is -0.455 e. The van der Waals surface area contributed by atoms with E-state index in [0.717, 1.165) is 88.6 Å². The van der Waals surface area contributed by atoms with E-state index in [1.165, 1.54) is 5.39 Å². The molecule has 10 aromatic rings. The lowest BCUT2D eigenvalue weighted by atomic mass is 10.00. The number of benzene rings is 8. The van der Waals surface area contributed by atoms with Gasteiger partial charge in [0.05, 0.1) is 11.4 Å². The predicted octanol–water partition coefficient (Wildman–Crippen LogP) is 13.4. The summed E-state index contributed by atoms with van der Waals surface area (Å²) in [6.07, 6.45) is 0. The number of furan rings is 2. The SMILES string of the molecule is c1ccc(-c2ccccc2N(c2ccc(-c3cccc4c3oc3ccccc34)cc2)c2cccc3c2oc2cc4ccccc4cc23)cc1. The summed E-state index contributed by atoms with van der Waals surface area (Å²) in [7, 11) is 0. The topological polar surface area (TPSA) is 29.5 Å². The van der Waals surface area contributed by atoms with E-state index >= 15 is 0 Å². The number of hydrogen-bond acceptors (Lipinski definition) is 3. The Hall–Kier alpha value is -6.58. The molecule has 0 radical (unpaired) electrons. The van der Waals surface area contributed by atoms with E-state index in [0.29, 0.717) is 0 Å². The van der Waals surface area contributed by atoms with E-state index in [1.807, 2.05) is 12.1 Å². The summed E-state index contributed by atoms with van der Waals surface area (Å²) < 4.78 is 13.2. The first-order valence-corrected chi connectivity index (χ1v) is 16.6. The van der Waals surface area contributed by atoms with Crippen LogP contribution in [-0.4, -0.2) is 0 Å². The fraction of sp³-hybridized carbons (Fsp3) is 0. The van der Waals surface area contributed by atoms with Gasteiger partial charge in [-0.05, 0) is 64.4 Å². The van der Waals surface area contributed by atoms with Crippen LogP contribution in [-0.2, 0) is 0 Å². The van der Waals surface area contributed by atoms with Gasteiger partial charge in [0.2, 0.25) is 0 Å². The third-order valence-corrected chi connectivity index (χ3v) is 9.66. The Morgan fingerprint density at radius 3 is 1.80 bits per heavy atom. The van der Waals surface area contributed by atoms with Gasteiger partial charge in [-0.25, -0.2) is 0 Å². The monoisotopic (exact) mass is 627 g/mol. The van der Waals surface area contributed by atoms with E-state index in [-0.39, 0.29) is 0 Å². The Morgan fingerprint density at radius 2 is 0.939 bits per heavy atom. The summed E-state index contributed by atoms with van der Waals surface area (Å²) in [4.78, 5) is 2.33. The van der Waals surface area contributed by atoms with Gasteiger partial charge in [-0.3, -0.25) is 0 Å². The fourth-order valence-electron chi connectivity index (χ4n) is 7.35. The Kier molecular flexibility index (Phi) is 6.18. The minimum absolute atomic E-state index is 0.854. The first kappa shape index (κ1) is 27.5. The van der Waals surface area contributed by atoms with E-state index in [9.17, 15) is 0 Å². The second-order valence-electron chi connectivity index (χ2n) is 12.5. The van der Waals surface area contributed by atoms with Gasteiger partial charge in [-0.1, -0.05) is 133 Å². The molecule has 10 rings (SSSR count). The van der Waals surface area contributed by atoms with Crippen molar-refractivity contribution >= 4 is 71.7 Å². The number of rotatable bonds is 5. The molecule has 0 fully saturated rings. The molecule has 0 aliphatic rings. The van der Waals surface area contributed by atoms with Crippen molar-refractivity contribution in [3.63, 3.8) is 0 Å². The van der Waals surface area contributed by atoms with Crippen LogP contribution in [0, 0.1) is 0 Å². The van der Waals surface area contributed by atoms with Crippen molar-refractivity contribution < 1.29 is 8.83 Å². The van der Waals surface area contributed by atoms with Crippen LogP contribution in [0.4, 0.5) is 17.1 Å². The predicted molar refractivity (Wildman–Crippen MR) is 204 cm³/mol. The summed E-state index contributed by atoms with van der Waals surface area (Å²) in [6, 6.07) is 61.9. The van der Waals surface area contributed by atoms with Crippen LogP contribution >= 0.6 is 0 Å². The van der Waals surface area contributed by atoms with Gasteiger partial charge in [0, 0.05) is 38.4 Å². The Bertz CT molecular complexity index is 2830. The molecule has 8 aromatic carbocycles. The Labute approximate surface area is 282 Å². The summed E-state index contributed by atoms with van der Waals surface area (Å²) >= 11 is 0. The molecule has 49 heavy (non-hydrogen) atoms. The van der Waals surface area contributed by atoms with Crippen molar-refractivity contribution in [2.45, 2.75) is 0 Å². The first-order valence-electron chi connectivity index (χ1n) is 16.6. The summed E-state index contributed by atoms with van der Waals surface area (Å²) in [5.41, 5.74) is 11.1. The average molecular weight is 628 g/mol. The minimum atomic E-state index is 0.854. The highest BCUT2D eigenvalue weighted by atomic mass is 16.3. The molecule has 0 spiro atoms. The van der Waals surface area contributed by atoms with Crippen LogP contribution in [0.25, 0.3) is 76.9 Å². The molecular formula is C46H29NO2. The first-order chi connectivity index (χ1) is 24.3. The summed E-state index contributed by atoms with van der Waals surface area (Å²) in [6.45, 7) is 0. The Morgan fingerprint density at radius 1 is 0.347 bits per heavy atom. The molecule has 0 atom stereocenters. The maximum absolute atomic E-state index is 6.78. The number of para-hydroxylation sites is 4. The normalized spacial score (nSPS) is 11.7. The van der Waals surface area contributed by atoms with Crippen molar-refractivity contribution in [2.24, 2.45) is 0 Å². The average Bonchev–Trinajstić information content (AvgIpc) is 3.73. The lowest BCUT2D eigenvalue weighted by Gasteiger charge is -2.28. The van der Waals surface area contributed by atoms with Gasteiger partial charge in [-0.15, -0.1) is 0 Å². The van der Waals surface area contributed by atoms with Gasteiger partial charge < -0.3 is 13.7 Å². The van der Waals surface area contributed by atoms with Crippen molar-refractivity contribution in [3.05, 3.63) is 176 Å². The van der Waals surface area contributed by atoms with E-state index < -0.39 is 0 Å². The van der Waals surface area contributed by atoms with Crippen molar-refractivity contribution in [3.8, 4) is 22.3 Å². The van der Waals surface area contributed by atoms with Gasteiger partial charge >= 0.3 is 0 Å². The number of anilines is 3. The second-order valence-corrected chi connectivity index (χ2v) is 12.5.